The predicted molar refractivity (Wildman–Crippen MR) is 56.7 cm³/mol. The third-order valence-electron chi connectivity index (χ3n) is 2.03. The molecular formula is C7H9F5O9S2-2. The van der Waals surface area contributed by atoms with Crippen molar-refractivity contribution >= 4 is 20.8 Å². The Kier molecular flexibility index (Phi) is 6.88. The van der Waals surface area contributed by atoms with Gasteiger partial charge in [-0.25, -0.2) is 16.8 Å². The topological polar surface area (TPSA) is 142 Å². The summed E-state index contributed by atoms with van der Waals surface area (Å²) in [6.45, 7) is -4.77. The summed E-state index contributed by atoms with van der Waals surface area (Å²) in [6.07, 6.45) is -6.02. The molecule has 0 spiro atoms. The van der Waals surface area contributed by atoms with Gasteiger partial charge in [-0.1, -0.05) is 0 Å². The van der Waals surface area contributed by atoms with Gasteiger partial charge >= 0.3 is 12.1 Å². The summed E-state index contributed by atoms with van der Waals surface area (Å²) in [5.74, 6) is -5.39. The number of alkyl halides is 5. The van der Waals surface area contributed by atoms with E-state index in [1.54, 1.807) is 0 Å². The lowest BCUT2D eigenvalue weighted by Crippen LogP contribution is -2.48. The van der Waals surface area contributed by atoms with Gasteiger partial charge in [-0.3, -0.25) is 8.37 Å². The average molecular weight is 396 g/mol. The van der Waals surface area contributed by atoms with Gasteiger partial charge in [0.2, 0.25) is 20.8 Å². The van der Waals surface area contributed by atoms with Gasteiger partial charge in [0.05, 0.1) is 13.2 Å². The molecule has 0 amide bonds. The van der Waals surface area contributed by atoms with Gasteiger partial charge < -0.3 is 13.8 Å². The first-order chi connectivity index (χ1) is 9.87. The van der Waals surface area contributed by atoms with E-state index in [0.29, 0.717) is 6.92 Å². The van der Waals surface area contributed by atoms with E-state index in [1.807, 2.05) is 0 Å². The minimum Gasteiger partial charge on any atom is -0.726 e. The van der Waals surface area contributed by atoms with Crippen LogP contribution in [-0.2, 0) is 33.9 Å². The van der Waals surface area contributed by atoms with E-state index in [9.17, 15) is 47.9 Å². The molecule has 0 aliphatic heterocycles. The summed E-state index contributed by atoms with van der Waals surface area (Å²) in [7, 11) is -10.8. The molecule has 0 aromatic rings. The number of hydrogen-bond donors (Lipinski definition) is 0. The van der Waals surface area contributed by atoms with Crippen LogP contribution in [-0.4, -0.2) is 63.5 Å². The SMILES string of the molecule is CC(COS(=O)(=O)[O-])(COS(=O)(=O)[O-])OCC(F)(F)C(F)(F)F. The normalized spacial score (nSPS) is 15.0. The lowest BCUT2D eigenvalue weighted by molar-refractivity contribution is -0.306. The molecule has 16 heteroatoms. The third kappa shape index (κ3) is 9.28. The van der Waals surface area contributed by atoms with Crippen LogP contribution in [0.3, 0.4) is 0 Å². The van der Waals surface area contributed by atoms with Gasteiger partial charge in [-0.15, -0.1) is 0 Å². The van der Waals surface area contributed by atoms with Gasteiger partial charge in [-0.05, 0) is 6.92 Å². The van der Waals surface area contributed by atoms with Crippen molar-refractivity contribution in [3.8, 4) is 0 Å². The summed E-state index contributed by atoms with van der Waals surface area (Å²) in [6, 6.07) is 0. The summed E-state index contributed by atoms with van der Waals surface area (Å²) in [5, 5.41) is 0. The molecule has 0 aromatic carbocycles. The molecule has 0 bridgehead atoms. The number of rotatable bonds is 9. The van der Waals surface area contributed by atoms with Crippen molar-refractivity contribution in [3.05, 3.63) is 0 Å². The van der Waals surface area contributed by atoms with Crippen LogP contribution in [0.25, 0.3) is 0 Å². The molecule has 0 N–H and O–H groups in total. The Morgan fingerprint density at radius 1 is 0.826 bits per heavy atom. The molecule has 0 aromatic heterocycles. The maximum Gasteiger partial charge on any atom is 0.455 e. The predicted octanol–water partition coefficient (Wildman–Crippen LogP) is -0.0871. The summed E-state index contributed by atoms with van der Waals surface area (Å²) >= 11 is 0. The standard InChI is InChI=1S/C7H11F5O9S2/c1-5(2-20-22(13,14)15,3-21-23(16,17)18)19-4-6(8,9)7(10,11)12/h2-4H2,1H3,(H,13,14,15)(H,16,17,18)/p-2. The maximum atomic E-state index is 12.7. The molecule has 0 aliphatic carbocycles. The van der Waals surface area contributed by atoms with Crippen molar-refractivity contribution in [2.24, 2.45) is 0 Å². The fraction of sp³-hybridized carbons (Fsp3) is 1.00. The van der Waals surface area contributed by atoms with Crippen molar-refractivity contribution in [3.63, 3.8) is 0 Å². The Labute approximate surface area is 127 Å². The summed E-state index contributed by atoms with van der Waals surface area (Å²) in [5.41, 5.74) is -2.59. The molecule has 0 radical (unpaired) electrons. The zero-order chi connectivity index (χ0) is 18.7. The first-order valence-electron chi connectivity index (χ1n) is 5.16. The zero-order valence-corrected chi connectivity index (χ0v) is 12.6. The molecule has 0 aliphatic rings. The largest absolute Gasteiger partial charge is 0.726 e. The van der Waals surface area contributed by atoms with Crippen LogP contribution in [0.15, 0.2) is 0 Å². The van der Waals surface area contributed by atoms with Gasteiger partial charge in [0.15, 0.2) is 0 Å². The van der Waals surface area contributed by atoms with Crippen molar-refractivity contribution < 1.29 is 61.0 Å². The van der Waals surface area contributed by atoms with E-state index < -0.39 is 58.3 Å². The second-order valence-corrected chi connectivity index (χ2v) is 6.39. The highest BCUT2D eigenvalue weighted by molar-refractivity contribution is 7.81. The Morgan fingerprint density at radius 3 is 1.43 bits per heavy atom. The molecule has 140 valence electrons. The molecule has 0 fully saturated rings. The highest BCUT2D eigenvalue weighted by Gasteiger charge is 2.58. The fourth-order valence-electron chi connectivity index (χ4n) is 0.865. The Hall–Kier alpha value is -0.650. The highest BCUT2D eigenvalue weighted by atomic mass is 32.3. The molecular weight excluding hydrogens is 387 g/mol. The summed E-state index contributed by atoms with van der Waals surface area (Å²) in [4.78, 5) is 0. The summed E-state index contributed by atoms with van der Waals surface area (Å²) < 4.78 is 134. The molecule has 9 nitrogen and oxygen atoms in total. The molecule has 0 saturated carbocycles. The average Bonchev–Trinajstić information content (AvgIpc) is 2.29. The minimum atomic E-state index is -6.02. The van der Waals surface area contributed by atoms with E-state index in [2.05, 4.69) is 13.1 Å². The first kappa shape index (κ1) is 22.4. The van der Waals surface area contributed by atoms with Gasteiger partial charge in [0, 0.05) is 0 Å². The monoisotopic (exact) mass is 396 g/mol. The van der Waals surface area contributed by atoms with Crippen molar-refractivity contribution in [1.82, 2.24) is 0 Å². The van der Waals surface area contributed by atoms with E-state index in [1.165, 1.54) is 0 Å². The van der Waals surface area contributed by atoms with Crippen LogP contribution in [0.1, 0.15) is 6.92 Å². The van der Waals surface area contributed by atoms with Crippen LogP contribution in [0.5, 0.6) is 0 Å². The molecule has 0 atom stereocenters. The number of ether oxygens (including phenoxy) is 1. The molecule has 23 heavy (non-hydrogen) atoms. The van der Waals surface area contributed by atoms with Crippen LogP contribution < -0.4 is 0 Å². The Morgan fingerprint density at radius 2 is 1.17 bits per heavy atom. The Bertz CT molecular complexity index is 560. The first-order valence-corrected chi connectivity index (χ1v) is 7.83. The molecule has 0 rings (SSSR count). The zero-order valence-electron chi connectivity index (χ0n) is 11.0. The van der Waals surface area contributed by atoms with Crippen molar-refractivity contribution in [1.29, 1.82) is 0 Å². The quantitative estimate of drug-likeness (QED) is 0.297. The second-order valence-electron chi connectivity index (χ2n) is 4.28. The highest BCUT2D eigenvalue weighted by Crippen LogP contribution is 2.36. The lowest BCUT2D eigenvalue weighted by atomic mass is 10.1. The number of hydrogen-bond acceptors (Lipinski definition) is 9. The fourth-order valence-corrected chi connectivity index (χ4v) is 1.65. The van der Waals surface area contributed by atoms with Crippen molar-refractivity contribution in [2.75, 3.05) is 19.8 Å². The third-order valence-corrected chi connectivity index (χ3v) is 2.85. The van der Waals surface area contributed by atoms with Crippen LogP contribution in [0.4, 0.5) is 22.0 Å². The van der Waals surface area contributed by atoms with Gasteiger partial charge in [0.25, 0.3) is 0 Å². The maximum absolute atomic E-state index is 12.7. The lowest BCUT2D eigenvalue weighted by Gasteiger charge is -2.31. The molecule has 0 unspecified atom stereocenters. The minimum absolute atomic E-state index is 0.579. The van der Waals surface area contributed by atoms with Gasteiger partial charge in [0.1, 0.15) is 12.2 Å². The van der Waals surface area contributed by atoms with Crippen LogP contribution in [0, 0.1) is 0 Å². The molecule has 0 heterocycles. The van der Waals surface area contributed by atoms with Crippen LogP contribution >= 0.6 is 0 Å². The molecule has 0 saturated heterocycles. The van der Waals surface area contributed by atoms with Gasteiger partial charge in [-0.2, -0.15) is 22.0 Å². The van der Waals surface area contributed by atoms with E-state index in [0.717, 1.165) is 0 Å². The second kappa shape index (κ2) is 7.08. The smallest absolute Gasteiger partial charge is 0.455 e. The van der Waals surface area contributed by atoms with E-state index in [-0.39, 0.29) is 0 Å². The number of halogens is 5. The van der Waals surface area contributed by atoms with E-state index in [4.69, 9.17) is 0 Å². The van der Waals surface area contributed by atoms with E-state index >= 15 is 0 Å². The Balaban J connectivity index is 5.12. The van der Waals surface area contributed by atoms with Crippen molar-refractivity contribution in [2.45, 2.75) is 24.6 Å². The van der Waals surface area contributed by atoms with Crippen LogP contribution in [0.2, 0.25) is 0 Å².